The van der Waals surface area contributed by atoms with Crippen LogP contribution < -0.4 is 5.32 Å². The van der Waals surface area contributed by atoms with Crippen LogP contribution in [0.1, 0.15) is 24.4 Å². The third-order valence-corrected chi connectivity index (χ3v) is 3.58. The van der Waals surface area contributed by atoms with E-state index in [9.17, 15) is 0 Å². The Morgan fingerprint density at radius 3 is 2.90 bits per heavy atom. The zero-order chi connectivity index (χ0) is 14.1. The minimum absolute atomic E-state index is 0.0151. The van der Waals surface area contributed by atoms with Gasteiger partial charge in [0.15, 0.2) is 0 Å². The van der Waals surface area contributed by atoms with Crippen LogP contribution in [-0.2, 0) is 7.05 Å². The summed E-state index contributed by atoms with van der Waals surface area (Å²) >= 11 is 6.02. The molecule has 1 N–H and O–H groups in total. The van der Waals surface area contributed by atoms with E-state index >= 15 is 0 Å². The highest BCUT2D eigenvalue weighted by atomic mass is 35.5. The summed E-state index contributed by atoms with van der Waals surface area (Å²) in [5.74, 6) is 0.868. The third kappa shape index (κ3) is 2.32. The Morgan fingerprint density at radius 2 is 2.20 bits per heavy atom. The molecule has 1 atom stereocenters. The van der Waals surface area contributed by atoms with Crippen LogP contribution in [0.5, 0.6) is 0 Å². The van der Waals surface area contributed by atoms with Crippen molar-refractivity contribution in [2.75, 3.05) is 6.54 Å². The summed E-state index contributed by atoms with van der Waals surface area (Å²) in [5, 5.41) is 9.38. The van der Waals surface area contributed by atoms with E-state index in [1.165, 1.54) is 0 Å². The lowest BCUT2D eigenvalue weighted by atomic mass is 10.1. The molecule has 0 saturated carbocycles. The number of aryl methyl sites for hydroxylation is 1. The summed E-state index contributed by atoms with van der Waals surface area (Å²) in [5.41, 5.74) is 1.91. The molecule has 2 aromatic heterocycles. The standard InChI is InChI=1S/C15H16ClN3O/c1-3-17-15(12-6-7-18-19(12)2)14-9-10-8-11(16)4-5-13(10)20-14/h4-9,15,17H,3H2,1-2H3. The molecule has 2 heterocycles. The quantitative estimate of drug-likeness (QED) is 0.799. The highest BCUT2D eigenvalue weighted by molar-refractivity contribution is 6.31. The van der Waals surface area contributed by atoms with Crippen molar-refractivity contribution in [2.45, 2.75) is 13.0 Å². The fourth-order valence-electron chi connectivity index (χ4n) is 2.40. The van der Waals surface area contributed by atoms with E-state index in [1.54, 1.807) is 6.20 Å². The fraction of sp³-hybridized carbons (Fsp3) is 0.267. The lowest BCUT2D eigenvalue weighted by molar-refractivity contribution is 0.459. The molecule has 0 spiro atoms. The van der Waals surface area contributed by atoms with Crippen LogP contribution in [0.25, 0.3) is 11.0 Å². The van der Waals surface area contributed by atoms with Gasteiger partial charge in [-0.25, -0.2) is 0 Å². The maximum Gasteiger partial charge on any atom is 0.134 e. The normalized spacial score (nSPS) is 12.9. The SMILES string of the molecule is CCNC(c1cc2cc(Cl)ccc2o1)c1ccnn1C. The molecule has 0 aliphatic carbocycles. The second-order valence-corrected chi connectivity index (χ2v) is 5.14. The number of benzene rings is 1. The summed E-state index contributed by atoms with van der Waals surface area (Å²) in [6.45, 7) is 2.91. The molecule has 0 fully saturated rings. The van der Waals surface area contributed by atoms with E-state index in [0.717, 1.165) is 29.0 Å². The average molecular weight is 290 g/mol. The van der Waals surface area contributed by atoms with Crippen LogP contribution in [0.3, 0.4) is 0 Å². The van der Waals surface area contributed by atoms with Gasteiger partial charge in [0.1, 0.15) is 17.4 Å². The number of furan rings is 1. The Balaban J connectivity index is 2.07. The monoisotopic (exact) mass is 289 g/mol. The lowest BCUT2D eigenvalue weighted by Crippen LogP contribution is -2.23. The van der Waals surface area contributed by atoms with Crippen molar-refractivity contribution in [3.63, 3.8) is 0 Å². The van der Waals surface area contributed by atoms with Gasteiger partial charge in [0.2, 0.25) is 0 Å². The topological polar surface area (TPSA) is 43.0 Å². The molecule has 3 aromatic rings. The second kappa shape index (κ2) is 5.31. The fourth-order valence-corrected chi connectivity index (χ4v) is 2.58. The van der Waals surface area contributed by atoms with Gasteiger partial charge in [-0.3, -0.25) is 4.68 Å². The lowest BCUT2D eigenvalue weighted by Gasteiger charge is -2.15. The van der Waals surface area contributed by atoms with Crippen molar-refractivity contribution in [3.05, 3.63) is 53.0 Å². The predicted octanol–water partition coefficient (Wildman–Crippen LogP) is 3.52. The first-order chi connectivity index (χ1) is 9.69. The number of hydrogen-bond donors (Lipinski definition) is 1. The summed E-state index contributed by atoms with van der Waals surface area (Å²) in [6, 6.07) is 9.65. The number of rotatable bonds is 4. The molecule has 3 rings (SSSR count). The molecule has 0 radical (unpaired) electrons. The Kier molecular flexibility index (Phi) is 3.51. The maximum atomic E-state index is 6.02. The molecule has 0 aliphatic heterocycles. The van der Waals surface area contributed by atoms with Gasteiger partial charge in [-0.1, -0.05) is 18.5 Å². The van der Waals surface area contributed by atoms with Gasteiger partial charge in [0, 0.05) is 23.7 Å². The van der Waals surface area contributed by atoms with Crippen LogP contribution in [0.15, 0.2) is 40.9 Å². The van der Waals surface area contributed by atoms with Crippen LogP contribution in [0, 0.1) is 0 Å². The van der Waals surface area contributed by atoms with Gasteiger partial charge in [-0.15, -0.1) is 0 Å². The zero-order valence-electron chi connectivity index (χ0n) is 11.4. The first kappa shape index (κ1) is 13.2. The van der Waals surface area contributed by atoms with Gasteiger partial charge in [0.25, 0.3) is 0 Å². The van der Waals surface area contributed by atoms with Crippen molar-refractivity contribution in [1.29, 1.82) is 0 Å². The first-order valence-electron chi connectivity index (χ1n) is 6.59. The van der Waals surface area contributed by atoms with Crippen molar-refractivity contribution < 1.29 is 4.42 Å². The molecule has 20 heavy (non-hydrogen) atoms. The molecule has 1 unspecified atom stereocenters. The summed E-state index contributed by atoms with van der Waals surface area (Å²) in [6.07, 6.45) is 1.79. The van der Waals surface area contributed by atoms with Gasteiger partial charge >= 0.3 is 0 Å². The number of fused-ring (bicyclic) bond motifs is 1. The van der Waals surface area contributed by atoms with Gasteiger partial charge in [0.05, 0.1) is 5.69 Å². The predicted molar refractivity (Wildman–Crippen MR) is 80.0 cm³/mol. The Bertz CT molecular complexity index is 732. The van der Waals surface area contributed by atoms with E-state index in [4.69, 9.17) is 16.0 Å². The molecular formula is C15H16ClN3O. The van der Waals surface area contributed by atoms with Crippen molar-refractivity contribution in [1.82, 2.24) is 15.1 Å². The molecule has 0 aliphatic rings. The van der Waals surface area contributed by atoms with Crippen molar-refractivity contribution >= 4 is 22.6 Å². The Hall–Kier alpha value is -1.78. The molecule has 4 nitrogen and oxygen atoms in total. The summed E-state index contributed by atoms with van der Waals surface area (Å²) in [4.78, 5) is 0. The van der Waals surface area contributed by atoms with Crippen LogP contribution in [0.4, 0.5) is 0 Å². The second-order valence-electron chi connectivity index (χ2n) is 4.70. The van der Waals surface area contributed by atoms with E-state index < -0.39 is 0 Å². The third-order valence-electron chi connectivity index (χ3n) is 3.34. The highest BCUT2D eigenvalue weighted by Crippen LogP contribution is 2.29. The minimum Gasteiger partial charge on any atom is -0.459 e. The molecule has 5 heteroatoms. The average Bonchev–Trinajstić information content (AvgIpc) is 3.01. The molecule has 0 bridgehead atoms. The number of aromatic nitrogens is 2. The van der Waals surface area contributed by atoms with Gasteiger partial charge in [-0.05, 0) is 36.9 Å². The Morgan fingerprint density at radius 1 is 1.35 bits per heavy atom. The number of hydrogen-bond acceptors (Lipinski definition) is 3. The first-order valence-corrected chi connectivity index (χ1v) is 6.97. The van der Waals surface area contributed by atoms with Crippen LogP contribution in [-0.4, -0.2) is 16.3 Å². The number of nitrogens with zero attached hydrogens (tertiary/aromatic N) is 2. The van der Waals surface area contributed by atoms with Gasteiger partial charge in [-0.2, -0.15) is 5.10 Å². The smallest absolute Gasteiger partial charge is 0.134 e. The summed E-state index contributed by atoms with van der Waals surface area (Å²) < 4.78 is 7.81. The molecule has 104 valence electrons. The van der Waals surface area contributed by atoms with E-state index in [2.05, 4.69) is 17.3 Å². The van der Waals surface area contributed by atoms with E-state index in [1.807, 2.05) is 42.1 Å². The molecule has 1 aromatic carbocycles. The van der Waals surface area contributed by atoms with Gasteiger partial charge < -0.3 is 9.73 Å². The van der Waals surface area contributed by atoms with E-state index in [-0.39, 0.29) is 6.04 Å². The van der Waals surface area contributed by atoms with Crippen LogP contribution >= 0.6 is 11.6 Å². The number of nitrogens with one attached hydrogen (secondary N) is 1. The minimum atomic E-state index is -0.0151. The largest absolute Gasteiger partial charge is 0.459 e. The molecule has 0 amide bonds. The zero-order valence-corrected chi connectivity index (χ0v) is 12.2. The molecule has 0 saturated heterocycles. The Labute approximate surface area is 122 Å². The van der Waals surface area contributed by atoms with Crippen LogP contribution in [0.2, 0.25) is 5.02 Å². The number of halogens is 1. The van der Waals surface area contributed by atoms with E-state index in [0.29, 0.717) is 5.02 Å². The maximum absolute atomic E-state index is 6.02. The summed E-state index contributed by atoms with van der Waals surface area (Å²) in [7, 11) is 1.93. The molecular weight excluding hydrogens is 274 g/mol. The van der Waals surface area contributed by atoms with Crippen molar-refractivity contribution in [2.24, 2.45) is 7.05 Å². The van der Waals surface area contributed by atoms with Crippen molar-refractivity contribution in [3.8, 4) is 0 Å². The highest BCUT2D eigenvalue weighted by Gasteiger charge is 2.20.